The Morgan fingerprint density at radius 3 is 2.94 bits per heavy atom. The maximum atomic E-state index is 5.61. The van der Waals surface area contributed by atoms with Gasteiger partial charge in [0.15, 0.2) is 11.5 Å². The van der Waals surface area contributed by atoms with Crippen molar-refractivity contribution in [2.24, 2.45) is 0 Å². The predicted molar refractivity (Wildman–Crippen MR) is 79.8 cm³/mol. The summed E-state index contributed by atoms with van der Waals surface area (Å²) in [5.74, 6) is 2.78. The lowest BCUT2D eigenvalue weighted by molar-refractivity contribution is 0.170. The van der Waals surface area contributed by atoms with Crippen molar-refractivity contribution in [1.29, 1.82) is 0 Å². The second-order valence-corrected chi connectivity index (χ2v) is 6.10. The van der Waals surface area contributed by atoms with E-state index in [-0.39, 0.29) is 0 Å². The summed E-state index contributed by atoms with van der Waals surface area (Å²) in [4.78, 5) is 0. The number of rotatable bonds is 5. The van der Waals surface area contributed by atoms with Gasteiger partial charge in [0.1, 0.15) is 13.2 Å². The highest BCUT2D eigenvalue weighted by Crippen LogP contribution is 2.38. The average Bonchev–Trinajstić information content (AvgIpc) is 2.37. The Morgan fingerprint density at radius 2 is 2.17 bits per heavy atom. The van der Waals surface area contributed by atoms with Crippen LogP contribution in [0.1, 0.15) is 12.5 Å². The van der Waals surface area contributed by atoms with Crippen LogP contribution in [-0.2, 0) is 6.54 Å². The quantitative estimate of drug-likeness (QED) is 0.898. The van der Waals surface area contributed by atoms with E-state index in [9.17, 15) is 0 Å². The van der Waals surface area contributed by atoms with Gasteiger partial charge in [-0.3, -0.25) is 0 Å². The molecule has 0 amide bonds. The Labute approximate surface area is 121 Å². The second-order valence-electron chi connectivity index (χ2n) is 4.34. The van der Waals surface area contributed by atoms with Crippen molar-refractivity contribution in [3.8, 4) is 11.5 Å². The number of hydrogen-bond donors (Lipinski definition) is 1. The summed E-state index contributed by atoms with van der Waals surface area (Å²) in [5.41, 5.74) is 1.21. The average molecular weight is 332 g/mol. The summed E-state index contributed by atoms with van der Waals surface area (Å²) in [6.45, 7) is 4.29. The monoisotopic (exact) mass is 331 g/mol. The Bertz CT molecular complexity index is 414. The smallest absolute Gasteiger partial charge is 0.175 e. The van der Waals surface area contributed by atoms with Crippen LogP contribution in [0.25, 0.3) is 0 Å². The standard InChI is InChI=1S/C13H18BrNO2S/c1-9(8-18-2)15-7-10-5-11(14)13-12(6-10)16-3-4-17-13/h5-6,9,15H,3-4,7-8H2,1-2H3. The maximum absolute atomic E-state index is 5.61. The first-order valence-corrected chi connectivity index (χ1v) is 8.19. The molecule has 3 nitrogen and oxygen atoms in total. The molecule has 0 saturated carbocycles. The highest BCUT2D eigenvalue weighted by molar-refractivity contribution is 9.10. The van der Waals surface area contributed by atoms with Gasteiger partial charge in [0.05, 0.1) is 4.47 Å². The van der Waals surface area contributed by atoms with Crippen molar-refractivity contribution in [3.63, 3.8) is 0 Å². The van der Waals surface area contributed by atoms with Crippen molar-refractivity contribution in [1.82, 2.24) is 5.32 Å². The summed E-state index contributed by atoms with van der Waals surface area (Å²) in [5, 5.41) is 3.50. The number of hydrogen-bond acceptors (Lipinski definition) is 4. The summed E-state index contributed by atoms with van der Waals surface area (Å²) < 4.78 is 12.2. The fourth-order valence-electron chi connectivity index (χ4n) is 1.87. The fraction of sp³-hybridized carbons (Fsp3) is 0.538. The summed E-state index contributed by atoms with van der Waals surface area (Å²) in [7, 11) is 0. The third-order valence-corrected chi connectivity index (χ3v) is 4.15. The van der Waals surface area contributed by atoms with Gasteiger partial charge in [-0.2, -0.15) is 11.8 Å². The third kappa shape index (κ3) is 3.56. The molecule has 0 fully saturated rings. The van der Waals surface area contributed by atoms with Crippen LogP contribution in [0.15, 0.2) is 16.6 Å². The SMILES string of the molecule is CSCC(C)NCc1cc(Br)c2c(c1)OCCO2. The van der Waals surface area contributed by atoms with E-state index in [1.807, 2.05) is 11.8 Å². The Hall–Kier alpha value is -0.390. The van der Waals surface area contributed by atoms with Gasteiger partial charge in [-0.15, -0.1) is 0 Å². The van der Waals surface area contributed by atoms with Gasteiger partial charge in [0.25, 0.3) is 0 Å². The van der Waals surface area contributed by atoms with E-state index in [1.54, 1.807) is 0 Å². The molecule has 1 heterocycles. The molecule has 1 aromatic carbocycles. The van der Waals surface area contributed by atoms with E-state index < -0.39 is 0 Å². The topological polar surface area (TPSA) is 30.5 Å². The third-order valence-electron chi connectivity index (χ3n) is 2.73. The number of ether oxygens (including phenoxy) is 2. The van der Waals surface area contributed by atoms with Gasteiger partial charge in [0.2, 0.25) is 0 Å². The van der Waals surface area contributed by atoms with Gasteiger partial charge < -0.3 is 14.8 Å². The van der Waals surface area contributed by atoms with Crippen LogP contribution in [0.2, 0.25) is 0 Å². The van der Waals surface area contributed by atoms with Crippen LogP contribution in [0.4, 0.5) is 0 Å². The maximum Gasteiger partial charge on any atom is 0.175 e. The molecule has 1 aliphatic rings. The first kappa shape index (κ1) is 14.0. The molecule has 1 aliphatic heterocycles. The second kappa shape index (κ2) is 6.68. The molecule has 0 aromatic heterocycles. The Kier molecular flexibility index (Phi) is 5.21. The first-order chi connectivity index (χ1) is 8.70. The highest BCUT2D eigenvalue weighted by Gasteiger charge is 2.16. The van der Waals surface area contributed by atoms with E-state index in [0.29, 0.717) is 19.3 Å². The molecule has 0 bridgehead atoms. The summed E-state index contributed by atoms with van der Waals surface area (Å²) in [6, 6.07) is 4.65. The minimum atomic E-state index is 0.506. The molecule has 5 heteroatoms. The first-order valence-electron chi connectivity index (χ1n) is 6.01. The van der Waals surface area contributed by atoms with Crippen LogP contribution in [-0.4, -0.2) is 31.3 Å². The van der Waals surface area contributed by atoms with E-state index in [0.717, 1.165) is 28.3 Å². The van der Waals surface area contributed by atoms with Gasteiger partial charge in [0, 0.05) is 18.3 Å². The molecular formula is C13H18BrNO2S. The number of halogens is 1. The zero-order valence-electron chi connectivity index (χ0n) is 10.7. The van der Waals surface area contributed by atoms with Gasteiger partial charge >= 0.3 is 0 Å². The number of thioether (sulfide) groups is 1. The van der Waals surface area contributed by atoms with E-state index >= 15 is 0 Å². The van der Waals surface area contributed by atoms with Crippen LogP contribution in [0.3, 0.4) is 0 Å². The van der Waals surface area contributed by atoms with Crippen LogP contribution >= 0.6 is 27.7 Å². The molecule has 0 aliphatic carbocycles. The van der Waals surface area contributed by atoms with Crippen molar-refractivity contribution in [2.75, 3.05) is 25.2 Å². The molecule has 1 aromatic rings. The number of fused-ring (bicyclic) bond motifs is 1. The minimum absolute atomic E-state index is 0.506. The van der Waals surface area contributed by atoms with Crippen molar-refractivity contribution < 1.29 is 9.47 Å². The molecule has 0 radical (unpaired) electrons. The van der Waals surface area contributed by atoms with E-state index in [2.05, 4.69) is 46.6 Å². The molecule has 18 heavy (non-hydrogen) atoms. The summed E-state index contributed by atoms with van der Waals surface area (Å²) in [6.07, 6.45) is 2.12. The molecule has 1 unspecified atom stereocenters. The molecule has 1 N–H and O–H groups in total. The Balaban J connectivity index is 2.03. The fourth-order valence-corrected chi connectivity index (χ4v) is 3.09. The van der Waals surface area contributed by atoms with Crippen LogP contribution in [0, 0.1) is 0 Å². The molecule has 2 rings (SSSR count). The Morgan fingerprint density at radius 1 is 1.39 bits per heavy atom. The van der Waals surface area contributed by atoms with Crippen LogP contribution < -0.4 is 14.8 Å². The van der Waals surface area contributed by atoms with Gasteiger partial charge in [-0.05, 0) is 46.8 Å². The minimum Gasteiger partial charge on any atom is -0.486 e. The molecule has 1 atom stereocenters. The van der Waals surface area contributed by atoms with Crippen LogP contribution in [0.5, 0.6) is 11.5 Å². The van der Waals surface area contributed by atoms with Gasteiger partial charge in [-0.1, -0.05) is 0 Å². The van der Waals surface area contributed by atoms with Crippen molar-refractivity contribution in [3.05, 3.63) is 22.2 Å². The zero-order chi connectivity index (χ0) is 13.0. The van der Waals surface area contributed by atoms with Gasteiger partial charge in [-0.25, -0.2) is 0 Å². The lowest BCUT2D eigenvalue weighted by atomic mass is 10.2. The lowest BCUT2D eigenvalue weighted by Crippen LogP contribution is -2.27. The number of benzene rings is 1. The number of nitrogens with one attached hydrogen (secondary N) is 1. The van der Waals surface area contributed by atoms with Crippen molar-refractivity contribution >= 4 is 27.7 Å². The van der Waals surface area contributed by atoms with E-state index in [4.69, 9.17) is 9.47 Å². The zero-order valence-corrected chi connectivity index (χ0v) is 13.1. The molecule has 0 saturated heterocycles. The normalized spacial score (nSPS) is 15.5. The lowest BCUT2D eigenvalue weighted by Gasteiger charge is -2.21. The molecule has 100 valence electrons. The van der Waals surface area contributed by atoms with Crippen molar-refractivity contribution in [2.45, 2.75) is 19.5 Å². The molecular weight excluding hydrogens is 314 g/mol. The predicted octanol–water partition coefficient (Wildman–Crippen LogP) is 3.06. The largest absolute Gasteiger partial charge is 0.486 e. The molecule has 0 spiro atoms. The van der Waals surface area contributed by atoms with E-state index in [1.165, 1.54) is 5.56 Å². The highest BCUT2D eigenvalue weighted by atomic mass is 79.9. The summed E-state index contributed by atoms with van der Waals surface area (Å²) >= 11 is 5.39.